The van der Waals surface area contributed by atoms with Crippen molar-refractivity contribution in [3.63, 3.8) is 0 Å². The lowest BCUT2D eigenvalue weighted by Crippen LogP contribution is -2.60. The molecule has 7 nitrogen and oxygen atoms in total. The summed E-state index contributed by atoms with van der Waals surface area (Å²) in [4.78, 5) is 0. The van der Waals surface area contributed by atoms with Gasteiger partial charge in [-0.05, 0) is 36.1 Å². The molecule has 0 aromatic heterocycles. The molecule has 2 aromatic carbocycles. The molecule has 0 aliphatic carbocycles. The van der Waals surface area contributed by atoms with Crippen molar-refractivity contribution in [2.45, 2.75) is 57.4 Å². The van der Waals surface area contributed by atoms with E-state index in [1.807, 2.05) is 19.1 Å². The van der Waals surface area contributed by atoms with Crippen LogP contribution in [0.2, 0.25) is 0 Å². The van der Waals surface area contributed by atoms with Crippen molar-refractivity contribution in [2.24, 2.45) is 0 Å². The van der Waals surface area contributed by atoms with Crippen LogP contribution in [0.4, 0.5) is 0 Å². The van der Waals surface area contributed by atoms with E-state index in [1.54, 1.807) is 6.07 Å². The first-order valence-electron chi connectivity index (χ1n) is 9.71. The van der Waals surface area contributed by atoms with Gasteiger partial charge in [0.05, 0.1) is 6.61 Å². The number of hydrogen-bond donors (Lipinski definition) is 5. The molecule has 29 heavy (non-hydrogen) atoms. The van der Waals surface area contributed by atoms with Crippen LogP contribution < -0.4 is 4.74 Å². The molecule has 0 unspecified atom stereocenters. The van der Waals surface area contributed by atoms with E-state index in [9.17, 15) is 25.5 Å². The zero-order valence-corrected chi connectivity index (χ0v) is 16.5. The molecule has 0 bridgehead atoms. The van der Waals surface area contributed by atoms with Crippen LogP contribution >= 0.6 is 0 Å². The number of ether oxygens (including phenoxy) is 2. The Morgan fingerprint density at radius 2 is 1.62 bits per heavy atom. The molecule has 1 heterocycles. The molecule has 2 aromatic rings. The minimum atomic E-state index is -1.53. The van der Waals surface area contributed by atoms with Crippen LogP contribution in [-0.2, 0) is 17.6 Å². The lowest BCUT2D eigenvalue weighted by Gasteiger charge is -2.39. The molecule has 1 aliphatic rings. The molecule has 0 saturated carbocycles. The quantitative estimate of drug-likeness (QED) is 0.488. The molecule has 0 spiro atoms. The van der Waals surface area contributed by atoms with E-state index < -0.39 is 37.3 Å². The highest BCUT2D eigenvalue weighted by molar-refractivity contribution is 5.48. The highest BCUT2D eigenvalue weighted by Gasteiger charge is 2.44. The van der Waals surface area contributed by atoms with E-state index in [1.165, 1.54) is 11.6 Å². The Morgan fingerprint density at radius 3 is 2.24 bits per heavy atom. The second kappa shape index (κ2) is 9.11. The zero-order chi connectivity index (χ0) is 21.1. The maximum Gasteiger partial charge on any atom is 0.229 e. The average molecular weight is 404 g/mol. The highest BCUT2D eigenvalue weighted by Crippen LogP contribution is 2.33. The van der Waals surface area contributed by atoms with Crippen molar-refractivity contribution < 1.29 is 35.0 Å². The Hall–Kier alpha value is -2.16. The predicted molar refractivity (Wildman–Crippen MR) is 106 cm³/mol. The van der Waals surface area contributed by atoms with Crippen LogP contribution in [0, 0.1) is 6.92 Å². The minimum Gasteiger partial charge on any atom is -0.508 e. The van der Waals surface area contributed by atoms with Gasteiger partial charge in [0.2, 0.25) is 6.29 Å². The van der Waals surface area contributed by atoms with Crippen LogP contribution in [-0.4, -0.2) is 62.8 Å². The highest BCUT2D eigenvalue weighted by atomic mass is 16.7. The fraction of sp³-hybridized carbons (Fsp3) is 0.455. The van der Waals surface area contributed by atoms with Crippen molar-refractivity contribution in [3.05, 3.63) is 58.7 Å². The second-order valence-corrected chi connectivity index (χ2v) is 7.40. The van der Waals surface area contributed by atoms with Crippen molar-refractivity contribution in [1.82, 2.24) is 0 Å². The fourth-order valence-electron chi connectivity index (χ4n) is 3.48. The Labute approximate surface area is 169 Å². The van der Waals surface area contributed by atoms with Gasteiger partial charge in [0.25, 0.3) is 0 Å². The first-order valence-corrected chi connectivity index (χ1v) is 9.71. The number of rotatable bonds is 6. The second-order valence-electron chi connectivity index (χ2n) is 7.40. The van der Waals surface area contributed by atoms with Crippen LogP contribution in [0.5, 0.6) is 11.5 Å². The van der Waals surface area contributed by atoms with Crippen LogP contribution in [0.1, 0.15) is 29.2 Å². The lowest BCUT2D eigenvalue weighted by molar-refractivity contribution is -0.277. The molecule has 0 radical (unpaired) electrons. The first kappa shape index (κ1) is 21.5. The molecule has 0 amide bonds. The summed E-state index contributed by atoms with van der Waals surface area (Å²) in [5.74, 6) is 0.290. The van der Waals surface area contributed by atoms with Gasteiger partial charge in [-0.15, -0.1) is 0 Å². The zero-order valence-electron chi connectivity index (χ0n) is 16.5. The number of aryl methyl sites for hydroxylation is 2. The SMILES string of the molecule is CCc1ccc(Cc2c(C)cc(O)cc2O[C@@H]2O[C@H](CO)[C@H](O)[C@H](O)[C@H]2O)cc1. The van der Waals surface area contributed by atoms with E-state index in [0.29, 0.717) is 12.2 Å². The van der Waals surface area contributed by atoms with Gasteiger partial charge in [-0.2, -0.15) is 0 Å². The summed E-state index contributed by atoms with van der Waals surface area (Å²) in [5, 5.41) is 49.6. The molecule has 1 fully saturated rings. The van der Waals surface area contributed by atoms with Crippen molar-refractivity contribution >= 4 is 0 Å². The average Bonchev–Trinajstić information content (AvgIpc) is 2.71. The third kappa shape index (κ3) is 4.71. The number of aromatic hydroxyl groups is 1. The Balaban J connectivity index is 1.88. The Bertz CT molecular complexity index is 819. The Kier molecular flexibility index (Phi) is 6.77. The Morgan fingerprint density at radius 1 is 0.966 bits per heavy atom. The van der Waals surface area contributed by atoms with Gasteiger partial charge < -0.3 is 35.0 Å². The molecule has 5 N–H and O–H groups in total. The first-order chi connectivity index (χ1) is 13.8. The summed E-state index contributed by atoms with van der Waals surface area (Å²) in [6.45, 7) is 3.39. The molecule has 1 aliphatic heterocycles. The lowest BCUT2D eigenvalue weighted by atomic mass is 9.97. The summed E-state index contributed by atoms with van der Waals surface area (Å²) >= 11 is 0. The topological polar surface area (TPSA) is 120 Å². The summed E-state index contributed by atoms with van der Waals surface area (Å²) < 4.78 is 11.2. The summed E-state index contributed by atoms with van der Waals surface area (Å²) in [7, 11) is 0. The van der Waals surface area contributed by atoms with Crippen LogP contribution in [0.15, 0.2) is 36.4 Å². The van der Waals surface area contributed by atoms with E-state index in [2.05, 4.69) is 19.1 Å². The molecule has 158 valence electrons. The van der Waals surface area contributed by atoms with Crippen molar-refractivity contribution in [3.8, 4) is 11.5 Å². The van der Waals surface area contributed by atoms with E-state index >= 15 is 0 Å². The standard InChI is InChI=1S/C22H28O7/c1-3-13-4-6-14(7-5-13)9-16-12(2)8-15(24)10-17(16)28-22-21(27)20(26)19(25)18(11-23)29-22/h4-8,10,18-27H,3,9,11H2,1-2H3/t18-,19+,20+,21-,22-/m1/s1. The summed E-state index contributed by atoms with van der Waals surface area (Å²) in [5.41, 5.74) is 3.87. The van der Waals surface area contributed by atoms with E-state index in [4.69, 9.17) is 9.47 Å². The number of aliphatic hydroxyl groups is 4. The van der Waals surface area contributed by atoms with Gasteiger partial charge in [-0.3, -0.25) is 0 Å². The third-order valence-electron chi connectivity index (χ3n) is 5.32. The van der Waals surface area contributed by atoms with Gasteiger partial charge >= 0.3 is 0 Å². The van der Waals surface area contributed by atoms with Gasteiger partial charge in [0.1, 0.15) is 35.9 Å². The van der Waals surface area contributed by atoms with Gasteiger partial charge in [0, 0.05) is 18.1 Å². The summed E-state index contributed by atoms with van der Waals surface area (Å²) in [6, 6.07) is 11.2. The van der Waals surface area contributed by atoms with Crippen molar-refractivity contribution in [2.75, 3.05) is 6.61 Å². The molecule has 3 rings (SSSR count). The number of phenolic OH excluding ortho intramolecular Hbond substituents is 1. The van der Waals surface area contributed by atoms with Gasteiger partial charge in [-0.1, -0.05) is 31.2 Å². The number of hydrogen-bond acceptors (Lipinski definition) is 7. The molecule has 1 saturated heterocycles. The third-order valence-corrected chi connectivity index (χ3v) is 5.32. The fourth-order valence-corrected chi connectivity index (χ4v) is 3.48. The van der Waals surface area contributed by atoms with Gasteiger partial charge in [0.15, 0.2) is 0 Å². The number of benzene rings is 2. The molecule has 5 atom stereocenters. The molecular formula is C22H28O7. The number of aliphatic hydroxyl groups excluding tert-OH is 4. The minimum absolute atomic E-state index is 0.00725. The molecule has 7 heteroatoms. The predicted octanol–water partition coefficient (Wildman–Crippen LogP) is 1.03. The number of phenols is 1. The smallest absolute Gasteiger partial charge is 0.229 e. The monoisotopic (exact) mass is 404 g/mol. The van der Waals surface area contributed by atoms with E-state index in [-0.39, 0.29) is 5.75 Å². The maximum atomic E-state index is 10.3. The van der Waals surface area contributed by atoms with Gasteiger partial charge in [-0.25, -0.2) is 0 Å². The van der Waals surface area contributed by atoms with E-state index in [0.717, 1.165) is 23.1 Å². The summed E-state index contributed by atoms with van der Waals surface area (Å²) in [6.07, 6.45) is -5.42. The normalized spacial score (nSPS) is 27.0. The molecular weight excluding hydrogens is 376 g/mol. The maximum absolute atomic E-state index is 10.3. The largest absolute Gasteiger partial charge is 0.508 e. The van der Waals surface area contributed by atoms with Crippen LogP contribution in [0.3, 0.4) is 0 Å². The van der Waals surface area contributed by atoms with Crippen LogP contribution in [0.25, 0.3) is 0 Å². The van der Waals surface area contributed by atoms with Crippen molar-refractivity contribution in [1.29, 1.82) is 0 Å².